The number of rotatable bonds is 4. The Bertz CT molecular complexity index is 880. The molecule has 2 N–H and O–H groups in total. The number of urea groups is 1. The predicted molar refractivity (Wildman–Crippen MR) is 105 cm³/mol. The van der Waals surface area contributed by atoms with E-state index in [0.29, 0.717) is 0 Å². The van der Waals surface area contributed by atoms with Gasteiger partial charge in [-0.05, 0) is 57.0 Å². The van der Waals surface area contributed by atoms with E-state index in [1.165, 1.54) is 16.0 Å². The van der Waals surface area contributed by atoms with Crippen LogP contribution in [0.15, 0.2) is 48.8 Å². The summed E-state index contributed by atoms with van der Waals surface area (Å²) in [5.41, 5.74) is 4.27. The van der Waals surface area contributed by atoms with E-state index >= 15 is 0 Å². The van der Waals surface area contributed by atoms with Gasteiger partial charge in [0, 0.05) is 28.5 Å². The van der Waals surface area contributed by atoms with Gasteiger partial charge in [0.05, 0.1) is 6.04 Å². The van der Waals surface area contributed by atoms with Gasteiger partial charge in [-0.25, -0.2) is 4.79 Å². The molecule has 0 saturated carbocycles. The molecule has 2 amide bonds. The first-order valence-electron chi connectivity index (χ1n) is 8.33. The van der Waals surface area contributed by atoms with Crippen molar-refractivity contribution in [2.75, 3.05) is 5.32 Å². The van der Waals surface area contributed by atoms with Gasteiger partial charge in [0.15, 0.2) is 0 Å². The van der Waals surface area contributed by atoms with Crippen LogP contribution in [-0.4, -0.2) is 10.6 Å². The lowest BCUT2D eigenvalue weighted by Crippen LogP contribution is -2.31. The zero-order valence-corrected chi connectivity index (χ0v) is 15.8. The Morgan fingerprint density at radius 1 is 1.08 bits per heavy atom. The fourth-order valence-corrected chi connectivity index (χ4v) is 4.16. The zero-order valence-electron chi connectivity index (χ0n) is 15.0. The molecule has 4 nitrogen and oxygen atoms in total. The van der Waals surface area contributed by atoms with Crippen LogP contribution < -0.4 is 10.6 Å². The second kappa shape index (κ2) is 7.15. The van der Waals surface area contributed by atoms with Gasteiger partial charge in [0.25, 0.3) is 0 Å². The molecular weight excluding hydrogens is 330 g/mol. The van der Waals surface area contributed by atoms with Gasteiger partial charge in [0.1, 0.15) is 5.00 Å². The van der Waals surface area contributed by atoms with Crippen molar-refractivity contribution in [3.05, 3.63) is 70.4 Å². The van der Waals surface area contributed by atoms with Gasteiger partial charge < -0.3 is 15.2 Å². The molecule has 0 spiro atoms. The van der Waals surface area contributed by atoms with Crippen LogP contribution in [0, 0.1) is 20.8 Å². The number of benzene rings is 1. The molecule has 5 heteroatoms. The summed E-state index contributed by atoms with van der Waals surface area (Å²) in [6.07, 6.45) is 4.07. The molecule has 0 aliphatic rings. The summed E-state index contributed by atoms with van der Waals surface area (Å²) in [6, 6.07) is 11.5. The zero-order chi connectivity index (χ0) is 18.0. The van der Waals surface area contributed by atoms with Crippen LogP contribution in [0.25, 0.3) is 5.00 Å². The minimum Gasteiger partial charge on any atom is -0.331 e. The highest BCUT2D eigenvalue weighted by atomic mass is 32.1. The monoisotopic (exact) mass is 353 g/mol. The van der Waals surface area contributed by atoms with Gasteiger partial charge in [-0.1, -0.05) is 18.2 Å². The highest BCUT2D eigenvalue weighted by Crippen LogP contribution is 2.35. The molecule has 2 heterocycles. The molecule has 130 valence electrons. The first kappa shape index (κ1) is 17.3. The number of nitrogens with zero attached hydrogens (tertiary/aromatic N) is 1. The van der Waals surface area contributed by atoms with Crippen LogP contribution in [0.4, 0.5) is 10.5 Å². The van der Waals surface area contributed by atoms with Crippen molar-refractivity contribution in [1.29, 1.82) is 0 Å². The maximum atomic E-state index is 12.4. The third-order valence-corrected chi connectivity index (χ3v) is 5.66. The third-order valence-electron chi connectivity index (χ3n) is 4.43. The van der Waals surface area contributed by atoms with E-state index < -0.39 is 0 Å². The largest absolute Gasteiger partial charge is 0.331 e. The Hall–Kier alpha value is -2.53. The van der Waals surface area contributed by atoms with Crippen molar-refractivity contribution in [2.24, 2.45) is 0 Å². The topological polar surface area (TPSA) is 46.1 Å². The Kier molecular flexibility index (Phi) is 4.95. The van der Waals surface area contributed by atoms with Gasteiger partial charge >= 0.3 is 6.03 Å². The molecule has 0 aliphatic carbocycles. The summed E-state index contributed by atoms with van der Waals surface area (Å²) in [5.74, 6) is 0. The lowest BCUT2D eigenvalue weighted by molar-refractivity contribution is 0.249. The van der Waals surface area contributed by atoms with E-state index in [4.69, 9.17) is 0 Å². The smallest absolute Gasteiger partial charge is 0.319 e. The molecule has 0 unspecified atom stereocenters. The number of carbonyl (C=O) groups excluding carboxylic acids is 1. The molecule has 0 aliphatic heterocycles. The Morgan fingerprint density at radius 3 is 2.44 bits per heavy atom. The fraction of sp³-hybridized carbons (Fsp3) is 0.250. The lowest BCUT2D eigenvalue weighted by atomic mass is 10.1. The summed E-state index contributed by atoms with van der Waals surface area (Å²) >= 11 is 1.75. The molecule has 2 aromatic heterocycles. The van der Waals surface area contributed by atoms with Gasteiger partial charge in [-0.3, -0.25) is 0 Å². The van der Waals surface area contributed by atoms with Crippen LogP contribution in [0.2, 0.25) is 0 Å². The molecule has 0 saturated heterocycles. The summed E-state index contributed by atoms with van der Waals surface area (Å²) in [7, 11) is 0. The summed E-state index contributed by atoms with van der Waals surface area (Å²) < 4.78 is 2.11. The van der Waals surface area contributed by atoms with Crippen LogP contribution in [0.3, 0.4) is 0 Å². The molecule has 0 radical (unpaired) electrons. The molecule has 3 rings (SSSR count). The average Bonchev–Trinajstić information content (AvgIpc) is 3.18. The molecule has 0 fully saturated rings. The number of thiophene rings is 1. The van der Waals surface area contributed by atoms with E-state index in [2.05, 4.69) is 29.0 Å². The average molecular weight is 353 g/mol. The highest BCUT2D eigenvalue weighted by molar-refractivity contribution is 7.14. The second-order valence-electron chi connectivity index (χ2n) is 6.23. The summed E-state index contributed by atoms with van der Waals surface area (Å²) in [4.78, 5) is 13.7. The van der Waals surface area contributed by atoms with E-state index in [1.807, 2.05) is 62.6 Å². The molecule has 3 aromatic rings. The molecular formula is C20H23N3OS. The molecule has 1 atom stereocenters. The minimum absolute atomic E-state index is 0.0913. The van der Waals surface area contributed by atoms with E-state index in [1.54, 1.807) is 11.3 Å². The van der Waals surface area contributed by atoms with Crippen molar-refractivity contribution in [3.63, 3.8) is 0 Å². The second-order valence-corrected chi connectivity index (χ2v) is 7.43. The van der Waals surface area contributed by atoms with Crippen LogP contribution in [0.1, 0.15) is 34.5 Å². The van der Waals surface area contributed by atoms with E-state index in [-0.39, 0.29) is 12.1 Å². The normalized spacial score (nSPS) is 12.0. The molecule has 0 bridgehead atoms. The Balaban J connectivity index is 1.81. The lowest BCUT2D eigenvalue weighted by Gasteiger charge is -2.18. The van der Waals surface area contributed by atoms with E-state index in [0.717, 1.165) is 16.3 Å². The number of anilines is 1. The van der Waals surface area contributed by atoms with Gasteiger partial charge in [0.2, 0.25) is 0 Å². The van der Waals surface area contributed by atoms with Crippen molar-refractivity contribution < 1.29 is 4.79 Å². The third kappa shape index (κ3) is 3.61. The summed E-state index contributed by atoms with van der Waals surface area (Å²) in [5, 5.41) is 7.17. The number of amides is 2. The first-order valence-corrected chi connectivity index (χ1v) is 9.15. The highest BCUT2D eigenvalue weighted by Gasteiger charge is 2.21. The maximum Gasteiger partial charge on any atom is 0.319 e. The van der Waals surface area contributed by atoms with Crippen molar-refractivity contribution in [3.8, 4) is 5.00 Å². The Morgan fingerprint density at radius 2 is 1.76 bits per heavy atom. The number of aryl methyl sites for hydroxylation is 2. The summed E-state index contributed by atoms with van der Waals surface area (Å²) in [6.45, 7) is 8.25. The number of hydrogen-bond acceptors (Lipinski definition) is 2. The molecule has 25 heavy (non-hydrogen) atoms. The van der Waals surface area contributed by atoms with Gasteiger partial charge in [-0.15, -0.1) is 11.3 Å². The Labute approximate surface area is 152 Å². The van der Waals surface area contributed by atoms with Gasteiger partial charge in [-0.2, -0.15) is 0 Å². The van der Waals surface area contributed by atoms with Crippen molar-refractivity contribution in [1.82, 2.24) is 9.88 Å². The standard InChI is InChI=1S/C20H23N3OS/c1-13-9-5-6-10-17(13)22-20(24)21-15(3)18-14(2)16(4)25-19(18)23-11-7-8-12-23/h5-12,15H,1-4H3,(H2,21,22,24)/t15-/m0/s1. The number of aromatic nitrogens is 1. The van der Waals surface area contributed by atoms with E-state index in [9.17, 15) is 4.79 Å². The first-order chi connectivity index (χ1) is 12.0. The van der Waals surface area contributed by atoms with Crippen LogP contribution >= 0.6 is 11.3 Å². The minimum atomic E-state index is -0.191. The number of para-hydroxylation sites is 1. The van der Waals surface area contributed by atoms with Crippen molar-refractivity contribution >= 4 is 23.1 Å². The number of carbonyl (C=O) groups is 1. The van der Waals surface area contributed by atoms with Crippen LogP contribution in [0.5, 0.6) is 0 Å². The molecule has 1 aromatic carbocycles. The van der Waals surface area contributed by atoms with Crippen LogP contribution in [-0.2, 0) is 0 Å². The quantitative estimate of drug-likeness (QED) is 0.653. The maximum absolute atomic E-state index is 12.4. The SMILES string of the molecule is Cc1ccccc1NC(=O)N[C@@H](C)c1c(-n2cccc2)sc(C)c1C. The predicted octanol–water partition coefficient (Wildman–Crippen LogP) is 5.35. The number of nitrogens with one attached hydrogen (secondary N) is 2. The number of hydrogen-bond donors (Lipinski definition) is 2. The fourth-order valence-electron chi connectivity index (χ4n) is 2.94. The van der Waals surface area contributed by atoms with Crippen molar-refractivity contribution in [2.45, 2.75) is 33.7 Å².